The van der Waals surface area contributed by atoms with Crippen LogP contribution in [0.4, 0.5) is 10.1 Å². The number of carbonyl (C=O) groups is 5. The highest BCUT2D eigenvalue weighted by molar-refractivity contribution is 6.24. The fraction of sp³-hybridized carbons (Fsp3) is 0.465. The number of unbranched alkanes of at least 4 members (excludes halogenated alkanes) is 3. The van der Waals surface area contributed by atoms with E-state index in [0.29, 0.717) is 43.6 Å². The Kier molecular flexibility index (Phi) is 11.9. The number of hydrazine groups is 1. The van der Waals surface area contributed by atoms with Crippen molar-refractivity contribution in [3.05, 3.63) is 99.9 Å². The first-order valence-electron chi connectivity index (χ1n) is 19.9. The normalized spacial score (nSPS) is 20.7. The van der Waals surface area contributed by atoms with Gasteiger partial charge in [0.15, 0.2) is 0 Å². The molecule has 12 nitrogen and oxygen atoms in total. The number of rotatable bonds is 13. The summed E-state index contributed by atoms with van der Waals surface area (Å²) >= 11 is 0. The number of carbonyl (C=O) groups excluding carboxylic acids is 5. The molecular formula is C43H52FN7O5. The number of piperazine rings is 1. The first-order chi connectivity index (χ1) is 27.0. The van der Waals surface area contributed by atoms with Gasteiger partial charge in [0.2, 0.25) is 17.7 Å². The van der Waals surface area contributed by atoms with E-state index in [1.54, 1.807) is 18.2 Å². The van der Waals surface area contributed by atoms with Gasteiger partial charge < -0.3 is 9.80 Å². The molecule has 0 aliphatic carbocycles. The number of aryl methyl sites for hydroxylation is 2. The molecule has 0 radical (unpaired) electrons. The number of piperidine rings is 1. The maximum Gasteiger partial charge on any atom is 0.262 e. The SMILES string of the molecule is Cc1cccc(F)c1CN1C[C@H](c2ccc(N3CCN(C(=O)CCCCCCc4cccc5c4C(=O)N(C4CCC(=O)NC4=O)C5=O)CC3)cc2)N(N(C)C)C1. The van der Waals surface area contributed by atoms with Crippen LogP contribution in [0, 0.1) is 12.7 Å². The number of hydrogen-bond acceptors (Lipinski definition) is 9. The van der Waals surface area contributed by atoms with Crippen LogP contribution in [0.25, 0.3) is 0 Å². The van der Waals surface area contributed by atoms with Crippen LogP contribution in [0.2, 0.25) is 0 Å². The predicted octanol–water partition coefficient (Wildman–Crippen LogP) is 4.67. The van der Waals surface area contributed by atoms with Gasteiger partial charge in [0, 0.05) is 77.5 Å². The molecule has 1 N–H and O–H groups in total. The third-order valence-corrected chi connectivity index (χ3v) is 11.8. The second-order valence-electron chi connectivity index (χ2n) is 15.7. The Labute approximate surface area is 328 Å². The molecule has 4 heterocycles. The van der Waals surface area contributed by atoms with Crippen molar-refractivity contribution in [3.63, 3.8) is 0 Å². The van der Waals surface area contributed by atoms with Crippen molar-refractivity contribution in [3.8, 4) is 0 Å². The number of halogens is 1. The number of benzene rings is 3. The monoisotopic (exact) mass is 765 g/mol. The molecule has 5 amide bonds. The molecule has 56 heavy (non-hydrogen) atoms. The van der Waals surface area contributed by atoms with Gasteiger partial charge >= 0.3 is 0 Å². The van der Waals surface area contributed by atoms with E-state index in [9.17, 15) is 28.4 Å². The minimum Gasteiger partial charge on any atom is -0.368 e. The highest BCUT2D eigenvalue weighted by atomic mass is 19.1. The first kappa shape index (κ1) is 39.3. The van der Waals surface area contributed by atoms with Gasteiger partial charge in [-0.05, 0) is 73.6 Å². The number of hydrogen-bond donors (Lipinski definition) is 1. The van der Waals surface area contributed by atoms with Crippen LogP contribution < -0.4 is 10.2 Å². The van der Waals surface area contributed by atoms with Crippen LogP contribution in [-0.4, -0.2) is 114 Å². The van der Waals surface area contributed by atoms with Crippen LogP contribution in [0.1, 0.15) is 94.0 Å². The van der Waals surface area contributed by atoms with Crippen molar-refractivity contribution in [2.24, 2.45) is 0 Å². The van der Waals surface area contributed by atoms with Gasteiger partial charge in [-0.15, -0.1) is 0 Å². The summed E-state index contributed by atoms with van der Waals surface area (Å²) in [7, 11) is 4.10. The summed E-state index contributed by atoms with van der Waals surface area (Å²) in [6.45, 7) is 6.98. The van der Waals surface area contributed by atoms with E-state index in [2.05, 4.69) is 49.4 Å². The van der Waals surface area contributed by atoms with Gasteiger partial charge in [-0.25, -0.2) is 14.4 Å². The molecule has 13 heteroatoms. The van der Waals surface area contributed by atoms with Crippen molar-refractivity contribution < 1.29 is 28.4 Å². The van der Waals surface area contributed by atoms with Crippen molar-refractivity contribution in [2.75, 3.05) is 58.4 Å². The zero-order chi connectivity index (χ0) is 39.5. The second kappa shape index (κ2) is 17.0. The Bertz CT molecular complexity index is 1960. The molecule has 2 atom stereocenters. The van der Waals surface area contributed by atoms with Crippen molar-refractivity contribution in [1.29, 1.82) is 0 Å². The minimum atomic E-state index is -0.977. The van der Waals surface area contributed by atoms with Gasteiger partial charge in [0.25, 0.3) is 11.8 Å². The lowest BCUT2D eigenvalue weighted by molar-refractivity contribution is -0.136. The molecule has 3 aromatic rings. The van der Waals surface area contributed by atoms with Gasteiger partial charge in [-0.3, -0.25) is 39.1 Å². The largest absolute Gasteiger partial charge is 0.368 e. The molecule has 1 unspecified atom stereocenters. The van der Waals surface area contributed by atoms with Gasteiger partial charge in [-0.1, -0.05) is 49.2 Å². The third-order valence-electron chi connectivity index (χ3n) is 11.8. The van der Waals surface area contributed by atoms with E-state index in [1.165, 1.54) is 11.6 Å². The Morgan fingerprint density at radius 3 is 2.30 bits per heavy atom. The summed E-state index contributed by atoms with van der Waals surface area (Å²) < 4.78 is 14.6. The lowest BCUT2D eigenvalue weighted by atomic mass is 9.97. The summed E-state index contributed by atoms with van der Waals surface area (Å²) in [6, 6.07) is 18.4. The summed E-state index contributed by atoms with van der Waals surface area (Å²) in [5.41, 5.74) is 5.54. The zero-order valence-corrected chi connectivity index (χ0v) is 32.6. The number of amides is 5. The molecule has 3 saturated heterocycles. The molecule has 7 rings (SSSR count). The molecule has 3 fully saturated rings. The zero-order valence-electron chi connectivity index (χ0n) is 32.6. The van der Waals surface area contributed by atoms with Gasteiger partial charge in [0.1, 0.15) is 11.9 Å². The average molecular weight is 766 g/mol. The maximum absolute atomic E-state index is 14.6. The van der Waals surface area contributed by atoms with E-state index in [1.807, 2.05) is 38.1 Å². The highest BCUT2D eigenvalue weighted by Crippen LogP contribution is 2.33. The Balaban J connectivity index is 0.834. The van der Waals surface area contributed by atoms with E-state index < -0.39 is 29.7 Å². The fourth-order valence-electron chi connectivity index (χ4n) is 8.61. The number of anilines is 1. The standard InChI is InChI=1S/C43H52FN7O5/c1-29-10-8-14-35(44)34(29)26-47-27-37(50(28-47)46(2)3)30-16-18-32(19-17-30)48-22-24-49(25-23-48)39(53)15-7-5-4-6-11-31-12-9-13-33-40(31)43(56)51(42(33)55)36-20-21-38(52)45-41(36)54/h8-10,12-14,16-19,36-37H,4-7,11,15,20-28H2,1-3H3,(H,45,52,54)/t36?,37-/m1/s1. The van der Waals surface area contributed by atoms with E-state index >= 15 is 0 Å². The van der Waals surface area contributed by atoms with Crippen molar-refractivity contribution in [2.45, 2.75) is 76.9 Å². The van der Waals surface area contributed by atoms with Gasteiger partial charge in [-0.2, -0.15) is 0 Å². The van der Waals surface area contributed by atoms with Crippen LogP contribution in [0.5, 0.6) is 0 Å². The van der Waals surface area contributed by atoms with Crippen LogP contribution in [-0.2, 0) is 27.3 Å². The molecule has 3 aromatic carbocycles. The summed E-state index contributed by atoms with van der Waals surface area (Å²) in [4.78, 5) is 71.2. The number of imide groups is 2. The quantitative estimate of drug-likeness (QED) is 0.196. The lowest BCUT2D eigenvalue weighted by Crippen LogP contribution is -2.54. The predicted molar refractivity (Wildman–Crippen MR) is 210 cm³/mol. The third kappa shape index (κ3) is 8.25. The maximum atomic E-state index is 14.6. The Hall–Kier alpha value is -4.98. The molecule has 4 aliphatic heterocycles. The molecule has 296 valence electrons. The average Bonchev–Trinajstić information content (AvgIpc) is 3.73. The lowest BCUT2D eigenvalue weighted by Gasteiger charge is -2.36. The summed E-state index contributed by atoms with van der Waals surface area (Å²) in [5, 5.41) is 6.67. The molecule has 0 aromatic heterocycles. The molecular weight excluding hydrogens is 714 g/mol. The molecule has 0 saturated carbocycles. The minimum absolute atomic E-state index is 0.0866. The molecule has 4 aliphatic rings. The summed E-state index contributed by atoms with van der Waals surface area (Å²) in [6.07, 6.45) is 4.70. The van der Waals surface area contributed by atoms with Crippen molar-refractivity contribution >= 4 is 35.2 Å². The first-order valence-corrected chi connectivity index (χ1v) is 19.9. The van der Waals surface area contributed by atoms with Crippen LogP contribution in [0.15, 0.2) is 60.7 Å². The number of nitrogens with one attached hydrogen (secondary N) is 1. The van der Waals surface area contributed by atoms with E-state index in [-0.39, 0.29) is 30.6 Å². The summed E-state index contributed by atoms with van der Waals surface area (Å²) in [5.74, 6) is -1.95. The van der Waals surface area contributed by atoms with Gasteiger partial charge in [0.05, 0.1) is 23.8 Å². The second-order valence-corrected chi connectivity index (χ2v) is 15.7. The smallest absolute Gasteiger partial charge is 0.262 e. The number of fused-ring (bicyclic) bond motifs is 1. The van der Waals surface area contributed by atoms with Crippen LogP contribution >= 0.6 is 0 Å². The highest BCUT2D eigenvalue weighted by Gasteiger charge is 2.45. The van der Waals surface area contributed by atoms with Crippen LogP contribution in [0.3, 0.4) is 0 Å². The molecule has 0 bridgehead atoms. The Morgan fingerprint density at radius 2 is 1.59 bits per heavy atom. The number of nitrogens with zero attached hydrogens (tertiary/aromatic N) is 6. The fourth-order valence-corrected chi connectivity index (χ4v) is 8.61. The van der Waals surface area contributed by atoms with Crippen molar-refractivity contribution in [1.82, 2.24) is 30.0 Å². The Morgan fingerprint density at radius 1 is 0.857 bits per heavy atom. The topological polar surface area (TPSA) is 117 Å². The van der Waals surface area contributed by atoms with E-state index in [4.69, 9.17) is 0 Å². The van der Waals surface area contributed by atoms with E-state index in [0.717, 1.165) is 79.3 Å². The molecule has 0 spiro atoms.